The number of ether oxygens (including phenoxy) is 1. The highest BCUT2D eigenvalue weighted by Crippen LogP contribution is 2.31. The number of aryl methyl sites for hydroxylation is 1. The molecular weight excluding hydrogens is 404 g/mol. The van der Waals surface area contributed by atoms with E-state index in [9.17, 15) is 8.42 Å². The molecule has 4 aromatic rings. The van der Waals surface area contributed by atoms with Gasteiger partial charge in [0.15, 0.2) is 0 Å². The van der Waals surface area contributed by atoms with Crippen LogP contribution in [0.25, 0.3) is 11.0 Å². The fourth-order valence-corrected chi connectivity index (χ4v) is 5.06. The van der Waals surface area contributed by atoms with E-state index in [-0.39, 0.29) is 4.90 Å². The highest BCUT2D eigenvalue weighted by Gasteiger charge is 2.23. The Bertz CT molecular complexity index is 1340. The SMILES string of the molecule is COc1cc(C)c(S(=O)(=O)Nc2cnn(Cn3nnc4ccccc43)c2)c(C)c1C. The van der Waals surface area contributed by atoms with Crippen LogP contribution in [0, 0.1) is 20.8 Å². The van der Waals surface area contributed by atoms with Crippen molar-refractivity contribution in [3.8, 4) is 5.75 Å². The molecule has 9 nitrogen and oxygen atoms in total. The van der Waals surface area contributed by atoms with Gasteiger partial charge in [-0.05, 0) is 55.7 Å². The average Bonchev–Trinajstić information content (AvgIpc) is 3.31. The van der Waals surface area contributed by atoms with Crippen LogP contribution in [0.4, 0.5) is 5.69 Å². The monoisotopic (exact) mass is 426 g/mol. The van der Waals surface area contributed by atoms with Crippen molar-refractivity contribution in [1.82, 2.24) is 24.8 Å². The Morgan fingerprint density at radius 1 is 1.13 bits per heavy atom. The van der Waals surface area contributed by atoms with Crippen LogP contribution in [-0.2, 0) is 16.7 Å². The van der Waals surface area contributed by atoms with Gasteiger partial charge in [-0.25, -0.2) is 17.8 Å². The molecule has 30 heavy (non-hydrogen) atoms. The first kappa shape index (κ1) is 19.9. The molecule has 0 saturated heterocycles. The maximum absolute atomic E-state index is 13.1. The van der Waals surface area contributed by atoms with Crippen molar-refractivity contribution < 1.29 is 13.2 Å². The highest BCUT2D eigenvalue weighted by atomic mass is 32.2. The molecule has 0 aliphatic carbocycles. The second kappa shape index (κ2) is 7.45. The third-order valence-corrected chi connectivity index (χ3v) is 6.72. The van der Waals surface area contributed by atoms with Crippen LogP contribution in [-0.4, -0.2) is 40.3 Å². The molecule has 0 saturated carbocycles. The molecule has 10 heteroatoms. The van der Waals surface area contributed by atoms with Crippen LogP contribution in [0.3, 0.4) is 0 Å². The fraction of sp³-hybridized carbons (Fsp3) is 0.250. The quantitative estimate of drug-likeness (QED) is 0.508. The van der Waals surface area contributed by atoms with Crippen molar-refractivity contribution in [2.45, 2.75) is 32.3 Å². The molecule has 0 atom stereocenters. The van der Waals surface area contributed by atoms with Gasteiger partial charge in [-0.2, -0.15) is 5.10 Å². The molecule has 0 aliphatic heterocycles. The zero-order chi connectivity index (χ0) is 21.5. The van der Waals surface area contributed by atoms with Crippen LogP contribution in [0.15, 0.2) is 47.6 Å². The van der Waals surface area contributed by atoms with E-state index in [1.54, 1.807) is 42.6 Å². The minimum absolute atomic E-state index is 0.246. The molecule has 0 unspecified atom stereocenters. The maximum Gasteiger partial charge on any atom is 0.262 e. The fourth-order valence-electron chi connectivity index (χ4n) is 3.51. The summed E-state index contributed by atoms with van der Waals surface area (Å²) in [5.41, 5.74) is 4.08. The van der Waals surface area contributed by atoms with E-state index >= 15 is 0 Å². The van der Waals surface area contributed by atoms with Gasteiger partial charge in [0, 0.05) is 0 Å². The Hall–Kier alpha value is -3.40. The van der Waals surface area contributed by atoms with E-state index in [0.717, 1.165) is 16.6 Å². The summed E-state index contributed by atoms with van der Waals surface area (Å²) in [6.45, 7) is 5.68. The molecule has 0 bridgehead atoms. The molecule has 2 heterocycles. The topological polar surface area (TPSA) is 104 Å². The van der Waals surface area contributed by atoms with Gasteiger partial charge in [-0.1, -0.05) is 17.3 Å². The maximum atomic E-state index is 13.1. The van der Waals surface area contributed by atoms with Gasteiger partial charge in [0.25, 0.3) is 10.0 Å². The third-order valence-electron chi connectivity index (χ3n) is 5.05. The predicted octanol–water partition coefficient (Wildman–Crippen LogP) is 2.87. The van der Waals surface area contributed by atoms with Gasteiger partial charge in [0.1, 0.15) is 17.9 Å². The molecule has 0 aliphatic rings. The molecule has 2 aromatic heterocycles. The van der Waals surface area contributed by atoms with E-state index in [1.807, 2.05) is 31.2 Å². The number of sulfonamides is 1. The highest BCUT2D eigenvalue weighted by molar-refractivity contribution is 7.92. The third kappa shape index (κ3) is 3.50. The average molecular weight is 427 g/mol. The van der Waals surface area contributed by atoms with Crippen LogP contribution < -0.4 is 9.46 Å². The number of anilines is 1. The van der Waals surface area contributed by atoms with Crippen LogP contribution >= 0.6 is 0 Å². The van der Waals surface area contributed by atoms with E-state index in [4.69, 9.17) is 4.74 Å². The number of fused-ring (bicyclic) bond motifs is 1. The lowest BCUT2D eigenvalue weighted by atomic mass is 10.1. The van der Waals surface area contributed by atoms with Crippen molar-refractivity contribution >= 4 is 26.7 Å². The summed E-state index contributed by atoms with van der Waals surface area (Å²) < 4.78 is 37.4. The van der Waals surface area contributed by atoms with Crippen molar-refractivity contribution in [2.24, 2.45) is 0 Å². The molecule has 0 spiro atoms. The van der Waals surface area contributed by atoms with Gasteiger partial charge < -0.3 is 4.74 Å². The number of para-hydroxylation sites is 1. The lowest BCUT2D eigenvalue weighted by molar-refractivity contribution is 0.410. The van der Waals surface area contributed by atoms with Crippen molar-refractivity contribution in [3.05, 3.63) is 59.4 Å². The summed E-state index contributed by atoms with van der Waals surface area (Å²) in [5.74, 6) is 0.664. The van der Waals surface area contributed by atoms with E-state index in [0.29, 0.717) is 29.2 Å². The Labute approximate surface area is 174 Å². The Morgan fingerprint density at radius 3 is 2.67 bits per heavy atom. The number of hydrogen-bond donors (Lipinski definition) is 1. The van der Waals surface area contributed by atoms with Crippen molar-refractivity contribution in [2.75, 3.05) is 11.8 Å². The molecular formula is C20H22N6O3S. The second-order valence-corrected chi connectivity index (χ2v) is 8.69. The zero-order valence-corrected chi connectivity index (χ0v) is 17.9. The van der Waals surface area contributed by atoms with E-state index in [2.05, 4.69) is 20.1 Å². The second-order valence-electron chi connectivity index (χ2n) is 7.07. The number of nitrogens with zero attached hydrogens (tertiary/aromatic N) is 5. The smallest absolute Gasteiger partial charge is 0.262 e. The first-order valence-corrected chi connectivity index (χ1v) is 10.8. The predicted molar refractivity (Wildman–Crippen MR) is 113 cm³/mol. The van der Waals surface area contributed by atoms with Crippen molar-refractivity contribution in [3.63, 3.8) is 0 Å². The minimum atomic E-state index is -3.80. The summed E-state index contributed by atoms with van der Waals surface area (Å²) in [6.07, 6.45) is 3.09. The number of benzene rings is 2. The molecule has 0 amide bonds. The summed E-state index contributed by atoms with van der Waals surface area (Å²) in [4.78, 5) is 0.246. The number of hydrogen-bond acceptors (Lipinski definition) is 6. The van der Waals surface area contributed by atoms with Gasteiger partial charge in [0.05, 0.1) is 35.6 Å². The van der Waals surface area contributed by atoms with Crippen LogP contribution in [0.1, 0.15) is 16.7 Å². The van der Waals surface area contributed by atoms with E-state index in [1.165, 1.54) is 6.20 Å². The van der Waals surface area contributed by atoms with Gasteiger partial charge >= 0.3 is 0 Å². The van der Waals surface area contributed by atoms with Gasteiger partial charge in [-0.15, -0.1) is 5.10 Å². The molecule has 1 N–H and O–H groups in total. The summed E-state index contributed by atoms with van der Waals surface area (Å²) in [6, 6.07) is 9.33. The normalized spacial score (nSPS) is 11.7. The van der Waals surface area contributed by atoms with Crippen molar-refractivity contribution in [1.29, 1.82) is 0 Å². The number of nitrogens with one attached hydrogen (secondary N) is 1. The standard InChI is InChI=1S/C20H22N6O3S/c1-13-9-19(29-4)14(2)15(3)20(13)30(27,28)23-16-10-21-25(11-16)12-26-18-8-6-5-7-17(18)22-24-26/h5-11,23H,12H2,1-4H3. The number of rotatable bonds is 6. The summed E-state index contributed by atoms with van der Waals surface area (Å²) in [5, 5.41) is 12.5. The minimum Gasteiger partial charge on any atom is -0.496 e. The van der Waals surface area contributed by atoms with Gasteiger partial charge in [-0.3, -0.25) is 4.72 Å². The Kier molecular flexibility index (Phi) is 4.94. The van der Waals surface area contributed by atoms with E-state index < -0.39 is 10.0 Å². The Morgan fingerprint density at radius 2 is 1.90 bits per heavy atom. The first-order chi connectivity index (χ1) is 14.3. The molecule has 2 aromatic carbocycles. The first-order valence-electron chi connectivity index (χ1n) is 9.28. The molecule has 0 fully saturated rings. The lowest BCUT2D eigenvalue weighted by Crippen LogP contribution is -2.16. The molecule has 4 rings (SSSR count). The lowest BCUT2D eigenvalue weighted by Gasteiger charge is -2.16. The Balaban J connectivity index is 1.60. The van der Waals surface area contributed by atoms with Crippen LogP contribution in [0.5, 0.6) is 5.75 Å². The molecule has 0 radical (unpaired) electrons. The largest absolute Gasteiger partial charge is 0.496 e. The van der Waals surface area contributed by atoms with Gasteiger partial charge in [0.2, 0.25) is 0 Å². The zero-order valence-electron chi connectivity index (χ0n) is 17.1. The summed E-state index contributed by atoms with van der Waals surface area (Å²) >= 11 is 0. The summed E-state index contributed by atoms with van der Waals surface area (Å²) in [7, 11) is -2.23. The number of methoxy groups -OCH3 is 1. The molecule has 156 valence electrons. The number of aromatic nitrogens is 5. The van der Waals surface area contributed by atoms with Crippen LogP contribution in [0.2, 0.25) is 0 Å².